The van der Waals surface area contributed by atoms with Crippen LogP contribution in [0.25, 0.3) is 11.0 Å². The smallest absolute Gasteiger partial charge is 0.407 e. The number of alkyl carbamates (subject to hydrolysis) is 1. The number of aromatic nitrogens is 3. The van der Waals surface area contributed by atoms with Crippen LogP contribution >= 0.6 is 11.9 Å². The Morgan fingerprint density at radius 1 is 1.31 bits per heavy atom. The molecule has 2 N–H and O–H groups in total. The lowest BCUT2D eigenvalue weighted by Gasteiger charge is -2.21. The topological polar surface area (TPSA) is 113 Å². The minimum absolute atomic E-state index is 0.317. The number of benzene rings is 2. The lowest BCUT2D eigenvalue weighted by molar-refractivity contribution is 0.170. The van der Waals surface area contributed by atoms with E-state index in [0.29, 0.717) is 41.7 Å². The van der Waals surface area contributed by atoms with Crippen LogP contribution < -0.4 is 19.5 Å². The van der Waals surface area contributed by atoms with Crippen LogP contribution in [0.15, 0.2) is 46.1 Å². The van der Waals surface area contributed by atoms with E-state index in [0.717, 1.165) is 40.7 Å². The summed E-state index contributed by atoms with van der Waals surface area (Å²) >= 11 is 1.18. The van der Waals surface area contributed by atoms with Gasteiger partial charge in [0.15, 0.2) is 11.4 Å². The fourth-order valence-electron chi connectivity index (χ4n) is 4.07. The first kappa shape index (κ1) is 23.8. The molecule has 36 heavy (non-hydrogen) atoms. The number of fused-ring (bicyclic) bond motifs is 3. The van der Waals surface area contributed by atoms with E-state index in [-0.39, 0.29) is 5.82 Å². The Hall–Kier alpha value is -3.93. The molecule has 0 atom stereocenters. The molecule has 5 rings (SSSR count). The maximum Gasteiger partial charge on any atom is 0.407 e. The Bertz CT molecular complexity index is 1410. The number of carbonyl (C=O) groups excluding carboxylic acids is 1. The van der Waals surface area contributed by atoms with E-state index >= 15 is 0 Å². The molecule has 10 nitrogen and oxygen atoms in total. The van der Waals surface area contributed by atoms with Crippen LogP contribution in [0.4, 0.5) is 15.0 Å². The number of hydrogen-bond acceptors (Lipinski definition) is 9. The van der Waals surface area contributed by atoms with E-state index in [4.69, 9.17) is 14.0 Å². The lowest BCUT2D eigenvalue weighted by Crippen LogP contribution is -2.21. The van der Waals surface area contributed by atoms with Crippen molar-refractivity contribution in [1.82, 2.24) is 20.3 Å². The summed E-state index contributed by atoms with van der Waals surface area (Å²) in [5.74, 6) is 1.39. The van der Waals surface area contributed by atoms with E-state index < -0.39 is 6.09 Å². The lowest BCUT2D eigenvalue weighted by atomic mass is 9.97. The van der Waals surface area contributed by atoms with Crippen LogP contribution in [-0.2, 0) is 24.2 Å². The highest BCUT2D eigenvalue weighted by molar-refractivity contribution is 8.00. The van der Waals surface area contributed by atoms with Gasteiger partial charge in [-0.05, 0) is 54.6 Å². The van der Waals surface area contributed by atoms with E-state index in [9.17, 15) is 9.18 Å². The van der Waals surface area contributed by atoms with E-state index in [1.807, 2.05) is 12.3 Å². The van der Waals surface area contributed by atoms with Crippen molar-refractivity contribution in [3.05, 3.63) is 59.2 Å². The Balaban J connectivity index is 1.41. The molecule has 0 radical (unpaired) electrons. The van der Waals surface area contributed by atoms with Crippen molar-refractivity contribution in [3.63, 3.8) is 0 Å². The molecule has 1 amide bonds. The second kappa shape index (κ2) is 10.4. The highest BCUT2D eigenvalue weighted by Crippen LogP contribution is 2.42. The molecule has 2 aromatic carbocycles. The maximum absolute atomic E-state index is 13.8. The molecular formula is C24H24FN5O5S. The van der Waals surface area contributed by atoms with Crippen molar-refractivity contribution in [3.8, 4) is 11.5 Å². The third-order valence-electron chi connectivity index (χ3n) is 5.75. The molecule has 0 spiro atoms. The predicted octanol–water partition coefficient (Wildman–Crippen LogP) is 4.52. The fourth-order valence-corrected chi connectivity index (χ4v) is 4.84. The van der Waals surface area contributed by atoms with Gasteiger partial charge in [-0.2, -0.15) is 5.10 Å². The first-order valence-electron chi connectivity index (χ1n) is 11.2. The van der Waals surface area contributed by atoms with Gasteiger partial charge in [-0.15, -0.1) is 0 Å². The SMILES string of the molecule is COC(=O)NCc1cnn(Cc2cc3onc(NSc4cc(F)ccc4OC)c3c3c2CCCO3)c1. The van der Waals surface area contributed by atoms with Gasteiger partial charge in [0.1, 0.15) is 22.7 Å². The van der Waals surface area contributed by atoms with Crippen molar-refractivity contribution in [2.75, 3.05) is 25.5 Å². The number of carbonyl (C=O) groups is 1. The minimum Gasteiger partial charge on any atom is -0.496 e. The third kappa shape index (κ3) is 4.89. The van der Waals surface area contributed by atoms with Gasteiger partial charge >= 0.3 is 6.09 Å². The second-order valence-electron chi connectivity index (χ2n) is 8.09. The molecule has 3 heterocycles. The summed E-state index contributed by atoms with van der Waals surface area (Å²) < 4.78 is 40.4. The predicted molar refractivity (Wildman–Crippen MR) is 131 cm³/mol. The van der Waals surface area contributed by atoms with Crippen LogP contribution in [0.1, 0.15) is 23.1 Å². The first-order valence-corrected chi connectivity index (χ1v) is 12.0. The molecule has 1 aliphatic rings. The summed E-state index contributed by atoms with van der Waals surface area (Å²) in [5.41, 5.74) is 3.50. The number of rotatable bonds is 8. The zero-order valence-electron chi connectivity index (χ0n) is 19.7. The first-order chi connectivity index (χ1) is 17.6. The highest BCUT2D eigenvalue weighted by Gasteiger charge is 2.24. The second-order valence-corrected chi connectivity index (χ2v) is 8.94. The summed E-state index contributed by atoms with van der Waals surface area (Å²) in [6.07, 6.45) is 4.80. The average Bonchev–Trinajstić information content (AvgIpc) is 3.53. The van der Waals surface area contributed by atoms with Crippen molar-refractivity contribution in [1.29, 1.82) is 0 Å². The number of amides is 1. The van der Waals surface area contributed by atoms with Gasteiger partial charge in [0.05, 0.1) is 38.5 Å². The monoisotopic (exact) mass is 513 g/mol. The summed E-state index contributed by atoms with van der Waals surface area (Å²) in [5, 5.41) is 12.0. The number of nitrogens with zero attached hydrogens (tertiary/aromatic N) is 3. The Kier molecular flexibility index (Phi) is 6.85. The van der Waals surface area contributed by atoms with Crippen molar-refractivity contribution >= 4 is 34.8 Å². The molecule has 0 fully saturated rings. The Morgan fingerprint density at radius 3 is 3.03 bits per heavy atom. The normalized spacial score (nSPS) is 12.6. The molecule has 0 saturated heterocycles. The van der Waals surface area contributed by atoms with Crippen LogP contribution in [-0.4, -0.2) is 41.9 Å². The van der Waals surface area contributed by atoms with Crippen LogP contribution in [0.3, 0.4) is 0 Å². The maximum atomic E-state index is 13.8. The zero-order chi connectivity index (χ0) is 25.1. The molecule has 4 aromatic rings. The molecule has 0 bridgehead atoms. The molecule has 0 unspecified atom stereocenters. The summed E-state index contributed by atoms with van der Waals surface area (Å²) in [4.78, 5) is 11.9. The van der Waals surface area contributed by atoms with Gasteiger partial charge in [-0.3, -0.25) is 4.68 Å². The van der Waals surface area contributed by atoms with Gasteiger partial charge in [0, 0.05) is 23.9 Å². The van der Waals surface area contributed by atoms with Gasteiger partial charge in [-0.25, -0.2) is 9.18 Å². The standard InChI is InChI=1S/C24H24FN5O5S/c1-32-18-6-5-16(25)9-20(18)36-29-23-21-19(35-28-23)8-15(17-4-3-7-34-22(17)21)13-30-12-14(11-27-30)10-26-24(31)33-2/h5-6,8-9,11-12H,3-4,7,10,13H2,1-2H3,(H,26,31)(H,28,29). The summed E-state index contributed by atoms with van der Waals surface area (Å²) in [6, 6.07) is 6.26. The van der Waals surface area contributed by atoms with Crippen molar-refractivity contribution in [2.24, 2.45) is 0 Å². The molecule has 12 heteroatoms. The summed E-state index contributed by atoms with van der Waals surface area (Å²) in [6.45, 7) is 1.41. The van der Waals surface area contributed by atoms with Crippen LogP contribution in [0.5, 0.6) is 11.5 Å². The van der Waals surface area contributed by atoms with Gasteiger partial charge in [0.25, 0.3) is 0 Å². The molecule has 188 valence electrons. The van der Waals surface area contributed by atoms with Crippen molar-refractivity contribution in [2.45, 2.75) is 30.8 Å². The zero-order valence-corrected chi connectivity index (χ0v) is 20.5. The minimum atomic E-state index is -0.497. The van der Waals surface area contributed by atoms with E-state index in [1.54, 1.807) is 16.9 Å². The number of nitrogens with one attached hydrogen (secondary N) is 2. The molecule has 1 aliphatic heterocycles. The van der Waals surface area contributed by atoms with Gasteiger partial charge in [-0.1, -0.05) is 5.16 Å². The number of methoxy groups -OCH3 is 2. The highest BCUT2D eigenvalue weighted by atomic mass is 32.2. The number of ether oxygens (including phenoxy) is 3. The molecule has 0 aliphatic carbocycles. The quantitative estimate of drug-likeness (QED) is 0.328. The largest absolute Gasteiger partial charge is 0.496 e. The average molecular weight is 514 g/mol. The molecule has 0 saturated carbocycles. The fraction of sp³-hybridized carbons (Fsp3) is 0.292. The summed E-state index contributed by atoms with van der Waals surface area (Å²) in [7, 11) is 2.86. The molecule has 2 aromatic heterocycles. The van der Waals surface area contributed by atoms with Crippen LogP contribution in [0.2, 0.25) is 0 Å². The third-order valence-corrected chi connectivity index (χ3v) is 6.59. The Morgan fingerprint density at radius 2 is 2.19 bits per heavy atom. The van der Waals surface area contributed by atoms with Crippen molar-refractivity contribution < 1.29 is 27.9 Å². The Labute approximate surface area is 210 Å². The number of anilines is 1. The van der Waals surface area contributed by atoms with Crippen LogP contribution in [0, 0.1) is 5.82 Å². The number of halogens is 1. The van der Waals surface area contributed by atoms with Gasteiger partial charge in [0.2, 0.25) is 0 Å². The van der Waals surface area contributed by atoms with E-state index in [2.05, 4.69) is 25.0 Å². The number of hydrogen-bond donors (Lipinski definition) is 2. The van der Waals surface area contributed by atoms with Gasteiger partial charge < -0.3 is 28.8 Å². The molecular weight excluding hydrogens is 489 g/mol. The van der Waals surface area contributed by atoms with E-state index in [1.165, 1.54) is 38.3 Å².